The minimum atomic E-state index is -3.96. The Morgan fingerprint density at radius 1 is 1.50 bits per heavy atom. The van der Waals surface area contributed by atoms with Crippen LogP contribution in [0.15, 0.2) is 23.1 Å². The Labute approximate surface area is 123 Å². The van der Waals surface area contributed by atoms with Crippen molar-refractivity contribution in [2.75, 3.05) is 13.2 Å². The lowest BCUT2D eigenvalue weighted by atomic mass is 9.93. The first-order chi connectivity index (χ1) is 9.37. The molecule has 7 heteroatoms. The fourth-order valence-corrected chi connectivity index (χ4v) is 4.55. The predicted octanol–water partition coefficient (Wildman–Crippen LogP) is 2.26. The van der Waals surface area contributed by atoms with E-state index < -0.39 is 26.8 Å². The minimum absolute atomic E-state index is 0.0406. The van der Waals surface area contributed by atoms with Crippen LogP contribution in [-0.4, -0.2) is 37.0 Å². The number of benzene rings is 1. The van der Waals surface area contributed by atoms with E-state index in [4.69, 9.17) is 11.6 Å². The zero-order valence-electron chi connectivity index (χ0n) is 11.1. The van der Waals surface area contributed by atoms with Crippen LogP contribution in [0.2, 0.25) is 5.02 Å². The summed E-state index contributed by atoms with van der Waals surface area (Å²) in [6.07, 6.45) is 1.55. The number of sulfonamides is 1. The number of aliphatic hydroxyl groups excluding tert-OH is 1. The highest BCUT2D eigenvalue weighted by molar-refractivity contribution is 7.89. The van der Waals surface area contributed by atoms with Gasteiger partial charge in [0.15, 0.2) is 0 Å². The molecule has 2 unspecified atom stereocenters. The third-order valence-electron chi connectivity index (χ3n) is 3.73. The molecule has 0 bridgehead atoms. The Balaban J connectivity index is 2.43. The molecular formula is C13H17ClFNO3S. The summed E-state index contributed by atoms with van der Waals surface area (Å²) in [5, 5.41) is 9.58. The predicted molar refractivity (Wildman–Crippen MR) is 74.6 cm³/mol. The van der Waals surface area contributed by atoms with Gasteiger partial charge in [-0.3, -0.25) is 0 Å². The fourth-order valence-electron chi connectivity index (χ4n) is 2.59. The lowest BCUT2D eigenvalue weighted by Crippen LogP contribution is -2.49. The molecule has 0 aromatic heterocycles. The summed E-state index contributed by atoms with van der Waals surface area (Å²) in [5.74, 6) is -0.827. The van der Waals surface area contributed by atoms with Gasteiger partial charge >= 0.3 is 0 Å². The molecule has 4 nitrogen and oxygen atoms in total. The smallest absolute Gasteiger partial charge is 0.246 e. The molecule has 1 saturated heterocycles. The first-order valence-electron chi connectivity index (χ1n) is 6.45. The molecule has 1 N–H and O–H groups in total. The van der Waals surface area contributed by atoms with Crippen molar-refractivity contribution < 1.29 is 17.9 Å². The van der Waals surface area contributed by atoms with Crippen molar-refractivity contribution in [2.45, 2.75) is 30.7 Å². The Hall–Kier alpha value is -0.690. The molecule has 1 aliphatic heterocycles. The zero-order valence-corrected chi connectivity index (χ0v) is 12.7. The molecule has 0 amide bonds. The highest BCUT2D eigenvalue weighted by atomic mass is 35.5. The average molecular weight is 322 g/mol. The maximum atomic E-state index is 13.9. The molecule has 1 aromatic carbocycles. The third-order valence-corrected chi connectivity index (χ3v) is 5.93. The zero-order chi connectivity index (χ0) is 14.9. The van der Waals surface area contributed by atoms with Crippen LogP contribution in [0.1, 0.15) is 19.8 Å². The lowest BCUT2D eigenvalue weighted by molar-refractivity contribution is 0.113. The van der Waals surface area contributed by atoms with Crippen LogP contribution in [0.25, 0.3) is 0 Å². The van der Waals surface area contributed by atoms with Crippen LogP contribution >= 0.6 is 11.6 Å². The second-order valence-corrected chi connectivity index (χ2v) is 7.36. The molecular weight excluding hydrogens is 305 g/mol. The van der Waals surface area contributed by atoms with Crippen LogP contribution in [0.3, 0.4) is 0 Å². The van der Waals surface area contributed by atoms with Gasteiger partial charge in [-0.2, -0.15) is 4.31 Å². The van der Waals surface area contributed by atoms with E-state index in [-0.39, 0.29) is 17.5 Å². The fraction of sp³-hybridized carbons (Fsp3) is 0.538. The molecule has 0 radical (unpaired) electrons. The number of hydrogen-bond acceptors (Lipinski definition) is 3. The number of nitrogens with zero attached hydrogens (tertiary/aromatic N) is 1. The topological polar surface area (TPSA) is 57.6 Å². The van der Waals surface area contributed by atoms with Crippen molar-refractivity contribution in [3.63, 3.8) is 0 Å². The van der Waals surface area contributed by atoms with Crippen LogP contribution in [-0.2, 0) is 10.0 Å². The van der Waals surface area contributed by atoms with E-state index >= 15 is 0 Å². The Kier molecular flexibility index (Phi) is 4.69. The summed E-state index contributed by atoms with van der Waals surface area (Å²) in [6.45, 7) is 1.91. The monoisotopic (exact) mass is 321 g/mol. The molecule has 0 saturated carbocycles. The molecule has 0 aliphatic carbocycles. The first-order valence-corrected chi connectivity index (χ1v) is 8.27. The number of aliphatic hydroxyl groups is 1. The SMILES string of the molecule is CC1CCCN(S(=O)(=O)c2ccc(Cl)cc2F)C1CO. The largest absolute Gasteiger partial charge is 0.395 e. The number of rotatable bonds is 3. The molecule has 2 rings (SSSR count). The molecule has 20 heavy (non-hydrogen) atoms. The standard InChI is InChI=1S/C13H17ClFNO3S/c1-9-3-2-6-16(12(9)8-17)20(18,19)13-5-4-10(14)7-11(13)15/h4-5,7,9,12,17H,2-3,6,8H2,1H3. The molecule has 1 fully saturated rings. The van der Waals surface area contributed by atoms with Crippen molar-refractivity contribution in [3.8, 4) is 0 Å². The van der Waals surface area contributed by atoms with E-state index in [1.807, 2.05) is 6.92 Å². The van der Waals surface area contributed by atoms with Crippen molar-refractivity contribution in [2.24, 2.45) is 5.92 Å². The van der Waals surface area contributed by atoms with Gasteiger partial charge in [0.05, 0.1) is 12.6 Å². The summed E-state index contributed by atoms with van der Waals surface area (Å²) in [7, 11) is -3.96. The van der Waals surface area contributed by atoms with Crippen molar-refractivity contribution >= 4 is 21.6 Å². The van der Waals surface area contributed by atoms with Gasteiger partial charge in [0, 0.05) is 11.6 Å². The van der Waals surface area contributed by atoms with E-state index in [0.29, 0.717) is 13.0 Å². The van der Waals surface area contributed by atoms with Gasteiger partial charge in [0.2, 0.25) is 10.0 Å². The van der Waals surface area contributed by atoms with Crippen molar-refractivity contribution in [1.29, 1.82) is 0 Å². The van der Waals surface area contributed by atoms with Gasteiger partial charge in [-0.25, -0.2) is 12.8 Å². The van der Waals surface area contributed by atoms with Gasteiger partial charge in [-0.1, -0.05) is 18.5 Å². The number of hydrogen-bond donors (Lipinski definition) is 1. The summed E-state index contributed by atoms with van der Waals surface area (Å²) in [4.78, 5) is -0.394. The summed E-state index contributed by atoms with van der Waals surface area (Å²) >= 11 is 5.64. The summed E-state index contributed by atoms with van der Waals surface area (Å²) < 4.78 is 40.2. The van der Waals surface area contributed by atoms with E-state index in [9.17, 15) is 17.9 Å². The Morgan fingerprint density at radius 3 is 2.80 bits per heavy atom. The van der Waals surface area contributed by atoms with E-state index in [2.05, 4.69) is 0 Å². The van der Waals surface area contributed by atoms with Crippen molar-refractivity contribution in [1.82, 2.24) is 4.31 Å². The van der Waals surface area contributed by atoms with Crippen LogP contribution < -0.4 is 0 Å². The van der Waals surface area contributed by atoms with Crippen LogP contribution in [0.4, 0.5) is 4.39 Å². The molecule has 1 aromatic rings. The summed E-state index contributed by atoms with van der Waals surface area (Å²) in [6, 6.07) is 2.99. The van der Waals surface area contributed by atoms with Gasteiger partial charge < -0.3 is 5.11 Å². The Bertz CT molecular complexity index is 593. The van der Waals surface area contributed by atoms with Crippen LogP contribution in [0.5, 0.6) is 0 Å². The van der Waals surface area contributed by atoms with E-state index in [1.54, 1.807) is 0 Å². The molecule has 112 valence electrons. The molecule has 0 spiro atoms. The van der Waals surface area contributed by atoms with E-state index in [1.165, 1.54) is 16.4 Å². The lowest BCUT2D eigenvalue weighted by Gasteiger charge is -2.37. The second kappa shape index (κ2) is 5.97. The van der Waals surface area contributed by atoms with Crippen LogP contribution in [0, 0.1) is 11.7 Å². The van der Waals surface area contributed by atoms with E-state index in [0.717, 1.165) is 12.5 Å². The summed E-state index contributed by atoms with van der Waals surface area (Å²) in [5.41, 5.74) is 0. The molecule has 2 atom stereocenters. The highest BCUT2D eigenvalue weighted by Gasteiger charge is 2.37. The normalized spacial score (nSPS) is 24.8. The third kappa shape index (κ3) is 2.83. The van der Waals surface area contributed by atoms with Crippen molar-refractivity contribution in [3.05, 3.63) is 29.0 Å². The average Bonchev–Trinajstić information content (AvgIpc) is 2.37. The van der Waals surface area contributed by atoms with Gasteiger partial charge in [0.25, 0.3) is 0 Å². The highest BCUT2D eigenvalue weighted by Crippen LogP contribution is 2.30. The van der Waals surface area contributed by atoms with Gasteiger partial charge in [0.1, 0.15) is 10.7 Å². The number of piperidine rings is 1. The minimum Gasteiger partial charge on any atom is -0.395 e. The molecule has 1 heterocycles. The maximum Gasteiger partial charge on any atom is 0.246 e. The maximum absolute atomic E-state index is 13.9. The van der Waals surface area contributed by atoms with Gasteiger partial charge in [-0.15, -0.1) is 0 Å². The Morgan fingerprint density at radius 2 is 2.20 bits per heavy atom. The second-order valence-electron chi connectivity index (χ2n) is 5.06. The number of halogens is 2. The molecule has 1 aliphatic rings. The quantitative estimate of drug-likeness (QED) is 0.929. The van der Waals surface area contributed by atoms with Gasteiger partial charge in [-0.05, 0) is 37.0 Å². The first kappa shape index (κ1) is 15.7.